The summed E-state index contributed by atoms with van der Waals surface area (Å²) in [6.45, 7) is 0. The lowest BCUT2D eigenvalue weighted by Gasteiger charge is -2.02. The van der Waals surface area contributed by atoms with Crippen LogP contribution in [-0.4, -0.2) is 5.91 Å². The van der Waals surface area contributed by atoms with Gasteiger partial charge in [0, 0.05) is 10.9 Å². The van der Waals surface area contributed by atoms with Gasteiger partial charge in [0.15, 0.2) is 11.6 Å². The second-order valence-electron chi connectivity index (χ2n) is 3.13. The Balaban J connectivity index is 2.71. The molecule has 0 bridgehead atoms. The van der Waals surface area contributed by atoms with Crippen molar-refractivity contribution in [2.24, 2.45) is 5.73 Å². The van der Waals surface area contributed by atoms with Crippen molar-refractivity contribution in [2.75, 3.05) is 0 Å². The molecule has 1 aromatic heterocycles. The van der Waals surface area contributed by atoms with Crippen LogP contribution < -0.4 is 5.73 Å². The Morgan fingerprint density at radius 1 is 1.47 bits per heavy atom. The number of furan rings is 1. The minimum Gasteiger partial charge on any atom is -0.464 e. The third-order valence-corrected chi connectivity index (χ3v) is 2.08. The molecule has 0 radical (unpaired) electrons. The van der Waals surface area contributed by atoms with Crippen LogP contribution in [0.4, 0.5) is 8.78 Å². The third kappa shape index (κ3) is 1.56. The number of benzene rings is 1. The monoisotopic (exact) mass is 211 g/mol. The van der Waals surface area contributed by atoms with E-state index in [0.717, 1.165) is 6.07 Å². The Morgan fingerprint density at radius 2 is 2.20 bits per heavy atom. The molecule has 1 heterocycles. The molecule has 2 aromatic rings. The van der Waals surface area contributed by atoms with Crippen LogP contribution in [0.2, 0.25) is 0 Å². The molecule has 78 valence electrons. The van der Waals surface area contributed by atoms with Crippen LogP contribution in [0.3, 0.4) is 0 Å². The second-order valence-corrected chi connectivity index (χ2v) is 3.13. The van der Waals surface area contributed by atoms with Crippen molar-refractivity contribution in [3.8, 4) is 0 Å². The Bertz CT molecular complexity index is 533. The van der Waals surface area contributed by atoms with Crippen LogP contribution in [0.5, 0.6) is 0 Å². The third-order valence-electron chi connectivity index (χ3n) is 2.08. The van der Waals surface area contributed by atoms with Crippen LogP contribution in [0, 0.1) is 11.6 Å². The first kappa shape index (κ1) is 9.64. The molecule has 1 amide bonds. The van der Waals surface area contributed by atoms with Gasteiger partial charge in [-0.1, -0.05) is 0 Å². The molecule has 5 heteroatoms. The molecule has 0 fully saturated rings. The van der Waals surface area contributed by atoms with E-state index < -0.39 is 17.5 Å². The Kier molecular flexibility index (Phi) is 2.15. The van der Waals surface area contributed by atoms with Crippen molar-refractivity contribution in [1.82, 2.24) is 0 Å². The zero-order chi connectivity index (χ0) is 11.0. The summed E-state index contributed by atoms with van der Waals surface area (Å²) in [5.74, 6) is -2.84. The summed E-state index contributed by atoms with van der Waals surface area (Å²) < 4.78 is 31.4. The highest BCUT2D eigenvalue weighted by molar-refractivity contribution is 5.86. The number of rotatable bonds is 2. The van der Waals surface area contributed by atoms with Crippen molar-refractivity contribution in [3.05, 3.63) is 35.6 Å². The number of nitrogens with two attached hydrogens (primary N) is 1. The molecule has 0 saturated carbocycles. The van der Waals surface area contributed by atoms with Crippen LogP contribution in [0.15, 0.2) is 22.8 Å². The molecular weight excluding hydrogens is 204 g/mol. The molecule has 2 rings (SSSR count). The fraction of sp³-hybridized carbons (Fsp3) is 0.100. The fourth-order valence-electron chi connectivity index (χ4n) is 1.45. The van der Waals surface area contributed by atoms with Crippen LogP contribution in [-0.2, 0) is 11.2 Å². The lowest BCUT2D eigenvalue weighted by atomic mass is 10.1. The quantitative estimate of drug-likeness (QED) is 0.822. The van der Waals surface area contributed by atoms with E-state index in [1.165, 1.54) is 12.3 Å². The molecule has 0 spiro atoms. The van der Waals surface area contributed by atoms with Gasteiger partial charge in [0.05, 0.1) is 12.7 Å². The molecule has 15 heavy (non-hydrogen) atoms. The summed E-state index contributed by atoms with van der Waals surface area (Å²) >= 11 is 0. The molecule has 0 atom stereocenters. The highest BCUT2D eigenvalue weighted by atomic mass is 19.2. The highest BCUT2D eigenvalue weighted by Crippen LogP contribution is 2.25. The summed E-state index contributed by atoms with van der Waals surface area (Å²) in [5.41, 5.74) is 4.96. The van der Waals surface area contributed by atoms with Gasteiger partial charge in [-0.25, -0.2) is 8.78 Å². The number of carbonyl (C=O) groups is 1. The Morgan fingerprint density at radius 3 is 2.87 bits per heavy atom. The number of hydrogen-bond acceptors (Lipinski definition) is 2. The zero-order valence-electron chi connectivity index (χ0n) is 7.59. The summed E-state index contributed by atoms with van der Waals surface area (Å²) in [6, 6.07) is 2.50. The average Bonchev–Trinajstić information content (AvgIpc) is 2.59. The lowest BCUT2D eigenvalue weighted by Crippen LogP contribution is -2.15. The molecule has 0 aliphatic carbocycles. The number of carbonyl (C=O) groups excluding carboxylic acids is 1. The van der Waals surface area contributed by atoms with E-state index in [-0.39, 0.29) is 17.6 Å². The average molecular weight is 211 g/mol. The van der Waals surface area contributed by atoms with Gasteiger partial charge in [0.25, 0.3) is 0 Å². The maximum atomic E-state index is 13.3. The highest BCUT2D eigenvalue weighted by Gasteiger charge is 2.17. The molecular formula is C10H7F2NO2. The molecule has 2 N–H and O–H groups in total. The van der Waals surface area contributed by atoms with E-state index in [4.69, 9.17) is 10.2 Å². The van der Waals surface area contributed by atoms with Gasteiger partial charge in [-0.15, -0.1) is 0 Å². The predicted molar refractivity (Wildman–Crippen MR) is 49.0 cm³/mol. The van der Waals surface area contributed by atoms with Crippen molar-refractivity contribution in [2.45, 2.75) is 6.42 Å². The normalized spacial score (nSPS) is 10.8. The number of hydrogen-bond donors (Lipinski definition) is 1. The standard InChI is InChI=1S/C10H7F2NO2/c11-7-3-5-1-2-15-10(5)6(9(7)12)4-8(13)14/h1-3H,4H2,(H2,13,14). The lowest BCUT2D eigenvalue weighted by molar-refractivity contribution is -0.117. The van der Waals surface area contributed by atoms with Crippen LogP contribution >= 0.6 is 0 Å². The van der Waals surface area contributed by atoms with Gasteiger partial charge in [0.1, 0.15) is 5.58 Å². The zero-order valence-corrected chi connectivity index (χ0v) is 7.59. The van der Waals surface area contributed by atoms with Crippen LogP contribution in [0.25, 0.3) is 11.0 Å². The topological polar surface area (TPSA) is 56.2 Å². The van der Waals surface area contributed by atoms with Crippen molar-refractivity contribution < 1.29 is 18.0 Å². The maximum Gasteiger partial charge on any atom is 0.222 e. The first-order chi connectivity index (χ1) is 7.09. The number of fused-ring (bicyclic) bond motifs is 1. The summed E-state index contributed by atoms with van der Waals surface area (Å²) in [6.07, 6.45) is 0.918. The first-order valence-corrected chi connectivity index (χ1v) is 4.22. The Labute approximate surface area is 83.5 Å². The van der Waals surface area contributed by atoms with Crippen molar-refractivity contribution in [3.63, 3.8) is 0 Å². The number of amides is 1. The first-order valence-electron chi connectivity index (χ1n) is 4.22. The van der Waals surface area contributed by atoms with E-state index in [2.05, 4.69) is 0 Å². The van der Waals surface area contributed by atoms with Gasteiger partial charge >= 0.3 is 0 Å². The van der Waals surface area contributed by atoms with Crippen molar-refractivity contribution >= 4 is 16.9 Å². The van der Waals surface area contributed by atoms with Gasteiger partial charge in [0.2, 0.25) is 5.91 Å². The largest absolute Gasteiger partial charge is 0.464 e. The molecule has 0 saturated heterocycles. The summed E-state index contributed by atoms with van der Waals surface area (Å²) in [5, 5.41) is 0.408. The second kappa shape index (κ2) is 3.34. The van der Waals surface area contributed by atoms with E-state index in [0.29, 0.717) is 5.39 Å². The van der Waals surface area contributed by atoms with Crippen molar-refractivity contribution in [1.29, 1.82) is 0 Å². The number of halogens is 2. The number of primary amides is 1. The molecule has 0 unspecified atom stereocenters. The van der Waals surface area contributed by atoms with Gasteiger partial charge in [-0.05, 0) is 12.1 Å². The summed E-state index contributed by atoms with van der Waals surface area (Å²) in [7, 11) is 0. The molecule has 1 aromatic carbocycles. The van der Waals surface area contributed by atoms with Gasteiger partial charge < -0.3 is 10.2 Å². The van der Waals surface area contributed by atoms with Gasteiger partial charge in [-0.2, -0.15) is 0 Å². The fourth-order valence-corrected chi connectivity index (χ4v) is 1.45. The summed E-state index contributed by atoms with van der Waals surface area (Å²) in [4.78, 5) is 10.7. The van der Waals surface area contributed by atoms with Crippen LogP contribution in [0.1, 0.15) is 5.56 Å². The van der Waals surface area contributed by atoms with E-state index in [1.54, 1.807) is 0 Å². The van der Waals surface area contributed by atoms with E-state index >= 15 is 0 Å². The Hall–Kier alpha value is -1.91. The SMILES string of the molecule is NC(=O)Cc1c(F)c(F)cc2ccoc12. The van der Waals surface area contributed by atoms with E-state index in [1.807, 2.05) is 0 Å². The molecule has 0 aliphatic heterocycles. The maximum absolute atomic E-state index is 13.3. The smallest absolute Gasteiger partial charge is 0.222 e. The predicted octanol–water partition coefficient (Wildman–Crippen LogP) is 1.74. The minimum absolute atomic E-state index is 0.137. The molecule has 0 aliphatic rings. The van der Waals surface area contributed by atoms with Gasteiger partial charge in [-0.3, -0.25) is 4.79 Å². The molecule has 3 nitrogen and oxygen atoms in total. The van der Waals surface area contributed by atoms with E-state index in [9.17, 15) is 13.6 Å². The minimum atomic E-state index is -1.09.